The monoisotopic (exact) mass is 712 g/mol. The van der Waals surface area contributed by atoms with E-state index in [0.29, 0.717) is 19.1 Å². The maximum absolute atomic E-state index is 10.9. The summed E-state index contributed by atoms with van der Waals surface area (Å²) >= 11 is 0. The molecule has 1 aliphatic carbocycles. The predicted octanol–water partition coefficient (Wildman–Crippen LogP) is 10.9. The number of nitrogens with two attached hydrogens (primary N) is 1. The van der Waals surface area contributed by atoms with Crippen molar-refractivity contribution in [1.82, 2.24) is 0 Å². The second-order valence-corrected chi connectivity index (χ2v) is 13.5. The van der Waals surface area contributed by atoms with Crippen LogP contribution >= 0.6 is 0 Å². The van der Waals surface area contributed by atoms with Crippen LogP contribution < -0.4 is 5.73 Å². The molecule has 0 spiro atoms. The van der Waals surface area contributed by atoms with Crippen LogP contribution in [0, 0.1) is 30.1 Å². The minimum atomic E-state index is -0.694. The number of rotatable bonds is 14. The van der Waals surface area contributed by atoms with E-state index in [1.807, 2.05) is 41.4 Å². The summed E-state index contributed by atoms with van der Waals surface area (Å²) < 4.78 is 0. The molecule has 0 heterocycles. The zero-order valence-corrected chi connectivity index (χ0v) is 35.5. The van der Waals surface area contributed by atoms with E-state index in [4.69, 9.17) is 26.9 Å². The minimum Gasteiger partial charge on any atom is -0.385 e. The number of hydrogen-bond acceptors (Lipinski definition) is 7. The number of hydrogen-bond donors (Lipinski definition) is 2. The van der Waals surface area contributed by atoms with Gasteiger partial charge >= 0.3 is 0 Å². The molecule has 1 fully saturated rings. The molecule has 1 rings (SSSR count). The Balaban J connectivity index is -0.0000000898. The van der Waals surface area contributed by atoms with Crippen molar-refractivity contribution in [3.05, 3.63) is 11.6 Å². The normalized spacial score (nSPS) is 12.4. The van der Waals surface area contributed by atoms with Crippen molar-refractivity contribution < 1.29 is 29.1 Å². The van der Waals surface area contributed by atoms with Crippen LogP contribution in [-0.2, 0) is 24.0 Å². The van der Waals surface area contributed by atoms with E-state index < -0.39 is 6.10 Å². The van der Waals surface area contributed by atoms with Crippen molar-refractivity contribution in [2.24, 2.45) is 23.5 Å². The molecule has 0 radical (unpaired) electrons. The standard InChI is InChI=1S/C10H20.C9H12O2.C8H14O2.C7H16.C4H11N.C2H4O.C2H6.CH2O/c1-4-7-10(8-5-2)9-6-3;1-4-5-6-7(2)9(11)8(3)10;9-6-8(10)7-4-2-1-3-5-7;1-4-5-6-7(2)3;1-4(2,3)5;1-2-3;2*1-2/h7H,4-6,8-9H2,1-3H3;1,7H,5-6H2,2-3H3;6-8,10H,1-5H2;7H,4-6H2,1-3H3;5H2,1-3H3;2H,1H3;1-2H3;1H2. The molecule has 1 aliphatic rings. The van der Waals surface area contributed by atoms with E-state index in [1.165, 1.54) is 84.5 Å². The van der Waals surface area contributed by atoms with E-state index in [0.717, 1.165) is 25.0 Å². The molecule has 0 aliphatic heterocycles. The van der Waals surface area contributed by atoms with E-state index >= 15 is 0 Å². The predicted molar refractivity (Wildman–Crippen MR) is 218 cm³/mol. The van der Waals surface area contributed by atoms with Gasteiger partial charge < -0.3 is 25.2 Å². The third-order valence-electron chi connectivity index (χ3n) is 6.56. The van der Waals surface area contributed by atoms with Gasteiger partial charge in [-0.05, 0) is 78.1 Å². The zero-order valence-electron chi connectivity index (χ0n) is 35.5. The number of ketones is 2. The summed E-state index contributed by atoms with van der Waals surface area (Å²) in [7, 11) is 0. The highest BCUT2D eigenvalue weighted by molar-refractivity contribution is 6.36. The molecular weight excluding hydrogens is 626 g/mol. The number of carbonyl (C=O) groups excluding carboxylic acids is 5. The van der Waals surface area contributed by atoms with Crippen molar-refractivity contribution >= 4 is 30.9 Å². The quantitative estimate of drug-likeness (QED) is 0.0793. The molecule has 3 N–H and O–H groups in total. The summed E-state index contributed by atoms with van der Waals surface area (Å²) in [6.07, 6.45) is 25.5. The van der Waals surface area contributed by atoms with Crippen molar-refractivity contribution in [2.45, 2.75) is 205 Å². The van der Waals surface area contributed by atoms with Crippen LogP contribution in [-0.4, -0.2) is 47.7 Å². The molecule has 0 amide bonds. The zero-order chi connectivity index (χ0) is 41.0. The van der Waals surface area contributed by atoms with Crippen LogP contribution in [0.15, 0.2) is 11.6 Å². The number of carbonyl (C=O) groups is 5. The fourth-order valence-corrected chi connectivity index (χ4v) is 4.24. The lowest BCUT2D eigenvalue weighted by atomic mass is 9.86. The average molecular weight is 712 g/mol. The van der Waals surface area contributed by atoms with Gasteiger partial charge in [-0.3, -0.25) is 9.59 Å². The summed E-state index contributed by atoms with van der Waals surface area (Å²) in [6.45, 7) is 29.8. The largest absolute Gasteiger partial charge is 0.385 e. The first-order valence-corrected chi connectivity index (χ1v) is 19.2. The Morgan fingerprint density at radius 2 is 1.34 bits per heavy atom. The molecule has 0 aromatic rings. The van der Waals surface area contributed by atoms with E-state index in [1.54, 1.807) is 12.5 Å². The van der Waals surface area contributed by atoms with Crippen LogP contribution in [0.3, 0.4) is 0 Å². The fraction of sp³-hybridized carbons (Fsp3) is 0.791. The average Bonchev–Trinajstić information content (AvgIpc) is 3.08. The van der Waals surface area contributed by atoms with Gasteiger partial charge in [0.05, 0.1) is 0 Å². The molecule has 298 valence electrons. The van der Waals surface area contributed by atoms with Gasteiger partial charge in [-0.15, -0.1) is 12.3 Å². The summed E-state index contributed by atoms with van der Waals surface area (Å²) in [5.41, 5.74) is 7.01. The van der Waals surface area contributed by atoms with Gasteiger partial charge in [-0.25, -0.2) is 0 Å². The fourth-order valence-electron chi connectivity index (χ4n) is 4.24. The van der Waals surface area contributed by atoms with E-state index in [-0.39, 0.29) is 28.9 Å². The highest BCUT2D eigenvalue weighted by atomic mass is 16.3. The maximum atomic E-state index is 10.9. The first-order valence-electron chi connectivity index (χ1n) is 19.2. The number of aldehydes is 2. The van der Waals surface area contributed by atoms with Gasteiger partial charge in [-0.1, -0.05) is 125 Å². The first kappa shape index (κ1) is 62.7. The summed E-state index contributed by atoms with van der Waals surface area (Å²) in [5.74, 6) is 2.67. The van der Waals surface area contributed by atoms with Gasteiger partial charge in [0.2, 0.25) is 5.78 Å². The Hall–Kier alpha value is -2.43. The molecule has 0 saturated heterocycles. The lowest BCUT2D eigenvalue weighted by molar-refractivity contribution is -0.137. The van der Waals surface area contributed by atoms with Crippen molar-refractivity contribution in [3.63, 3.8) is 0 Å². The molecule has 0 aromatic carbocycles. The summed E-state index contributed by atoms with van der Waals surface area (Å²) in [6, 6.07) is 0. The van der Waals surface area contributed by atoms with Gasteiger partial charge in [0.25, 0.3) is 0 Å². The van der Waals surface area contributed by atoms with Crippen LogP contribution in [0.2, 0.25) is 0 Å². The molecule has 1 saturated carbocycles. The second kappa shape index (κ2) is 50.9. The number of Topliss-reactive ketones (excluding diaryl/α,β-unsaturated/α-hetero) is 2. The van der Waals surface area contributed by atoms with E-state index in [9.17, 15) is 14.4 Å². The number of allylic oxidation sites excluding steroid dienone is 2. The van der Waals surface area contributed by atoms with Crippen molar-refractivity contribution in [1.29, 1.82) is 0 Å². The van der Waals surface area contributed by atoms with Crippen LogP contribution in [0.4, 0.5) is 0 Å². The van der Waals surface area contributed by atoms with Gasteiger partial charge in [0.15, 0.2) is 5.78 Å². The van der Waals surface area contributed by atoms with Gasteiger partial charge in [0.1, 0.15) is 25.5 Å². The van der Waals surface area contributed by atoms with Crippen LogP contribution in [0.1, 0.15) is 193 Å². The van der Waals surface area contributed by atoms with Crippen molar-refractivity contribution in [3.8, 4) is 12.3 Å². The first-order chi connectivity index (χ1) is 23.5. The third-order valence-corrected chi connectivity index (χ3v) is 6.56. The summed E-state index contributed by atoms with van der Waals surface area (Å²) in [4.78, 5) is 48.4. The molecule has 2 unspecified atom stereocenters. The topological polar surface area (TPSA) is 132 Å². The molecular formula is C43H85NO6. The number of aliphatic hydroxyl groups excluding tert-OH is 1. The molecule has 7 heteroatoms. The minimum absolute atomic E-state index is 0. The highest BCUT2D eigenvalue weighted by Crippen LogP contribution is 2.25. The third kappa shape index (κ3) is 67.7. The van der Waals surface area contributed by atoms with Crippen molar-refractivity contribution in [2.75, 3.05) is 0 Å². The van der Waals surface area contributed by atoms with Gasteiger partial charge in [0, 0.05) is 24.8 Å². The Morgan fingerprint density at radius 3 is 1.60 bits per heavy atom. The number of unbranched alkanes of at least 4 members (excludes halogenated alkanes) is 1. The lowest BCUT2D eigenvalue weighted by Crippen LogP contribution is -2.26. The highest BCUT2D eigenvalue weighted by Gasteiger charge is 2.20. The SMILES string of the molecule is C#CCCC(C)C(=O)C(C)=O.C=O.CC.CC(C)(C)N.CC=O.CCC=C(CCC)CCC.CCCCC(C)C.O=CC(O)C1CCCCC1. The molecule has 2 atom stereocenters. The number of terminal acetylenes is 1. The van der Waals surface area contributed by atoms with Gasteiger partial charge in [-0.2, -0.15) is 0 Å². The Morgan fingerprint density at radius 1 is 0.920 bits per heavy atom. The molecule has 0 bridgehead atoms. The van der Waals surface area contributed by atoms with Crippen LogP contribution in [0.5, 0.6) is 0 Å². The molecule has 7 nitrogen and oxygen atoms in total. The number of aliphatic hydroxyl groups is 1. The Kier molecular flexibility index (Phi) is 63.9. The Bertz CT molecular complexity index is 772. The maximum Gasteiger partial charge on any atom is 0.200 e. The molecule has 0 aromatic heterocycles. The Labute approximate surface area is 311 Å². The van der Waals surface area contributed by atoms with Crippen LogP contribution in [0.25, 0.3) is 0 Å². The molecule has 50 heavy (non-hydrogen) atoms. The van der Waals surface area contributed by atoms with E-state index in [2.05, 4.69) is 53.5 Å². The summed E-state index contributed by atoms with van der Waals surface area (Å²) in [5, 5.41) is 9.11. The smallest absolute Gasteiger partial charge is 0.200 e. The second-order valence-electron chi connectivity index (χ2n) is 13.5. The lowest BCUT2D eigenvalue weighted by Gasteiger charge is -2.22.